The van der Waals surface area contributed by atoms with Gasteiger partial charge in [0.2, 0.25) is 0 Å². The number of ether oxygens (including phenoxy) is 2. The van der Waals surface area contributed by atoms with E-state index < -0.39 is 35.6 Å². The Bertz CT molecular complexity index is 898. The highest BCUT2D eigenvalue weighted by Gasteiger charge is 2.59. The molecule has 0 aromatic heterocycles. The first-order valence-electron chi connectivity index (χ1n) is 9.30. The number of carbonyl (C=O) groups is 4. The van der Waals surface area contributed by atoms with Crippen molar-refractivity contribution in [3.8, 4) is 0 Å². The molecule has 29 heavy (non-hydrogen) atoms. The van der Waals surface area contributed by atoms with Crippen molar-refractivity contribution in [2.45, 2.75) is 37.5 Å². The largest absolute Gasteiger partial charge is 0.456 e. The molecule has 7 nitrogen and oxygen atoms in total. The summed E-state index contributed by atoms with van der Waals surface area (Å²) in [6.07, 6.45) is -1.57. The summed E-state index contributed by atoms with van der Waals surface area (Å²) in [6.45, 7) is 1.68. The number of carbonyl (C=O) groups excluding carboxylic acids is 4. The molecular weight excluding hydrogens is 374 g/mol. The second-order valence-electron chi connectivity index (χ2n) is 6.68. The van der Waals surface area contributed by atoms with Gasteiger partial charge >= 0.3 is 11.9 Å². The molecule has 2 aromatic rings. The number of hydrogen-bond acceptors (Lipinski definition) is 6. The van der Waals surface area contributed by atoms with Crippen molar-refractivity contribution < 1.29 is 28.7 Å². The molecular formula is C22H21NO6. The molecule has 1 saturated heterocycles. The molecule has 1 amide bonds. The summed E-state index contributed by atoms with van der Waals surface area (Å²) in [5.74, 6) is -1.91. The Kier molecular flexibility index (Phi) is 6.07. The first-order valence-corrected chi connectivity index (χ1v) is 9.30. The fraction of sp³-hybridized carbons (Fsp3) is 0.273. The predicted octanol–water partition coefficient (Wildman–Crippen LogP) is 2.31. The summed E-state index contributed by atoms with van der Waals surface area (Å²) in [5.41, 5.74) is -0.957. The zero-order chi connectivity index (χ0) is 20.9. The minimum absolute atomic E-state index is 0.118. The maximum Gasteiger partial charge on any atom is 0.338 e. The molecule has 1 heterocycles. The zero-order valence-electron chi connectivity index (χ0n) is 15.9. The van der Waals surface area contributed by atoms with Crippen molar-refractivity contribution in [1.82, 2.24) is 5.32 Å². The minimum Gasteiger partial charge on any atom is -0.456 e. The van der Waals surface area contributed by atoms with Crippen LogP contribution >= 0.6 is 0 Å². The number of hydrogen-bond donors (Lipinski definition) is 1. The fourth-order valence-electron chi connectivity index (χ4n) is 3.36. The van der Waals surface area contributed by atoms with Crippen molar-refractivity contribution in [3.63, 3.8) is 0 Å². The summed E-state index contributed by atoms with van der Waals surface area (Å²) in [4.78, 5) is 49.2. The van der Waals surface area contributed by atoms with E-state index in [-0.39, 0.29) is 18.4 Å². The number of cyclic esters (lactones) is 1. The van der Waals surface area contributed by atoms with Gasteiger partial charge in [0.05, 0.1) is 5.56 Å². The molecule has 0 bridgehead atoms. The van der Waals surface area contributed by atoms with Crippen LogP contribution in [0.3, 0.4) is 0 Å². The van der Waals surface area contributed by atoms with Gasteiger partial charge in [-0.3, -0.25) is 4.79 Å². The number of benzene rings is 2. The molecule has 7 heteroatoms. The molecule has 0 saturated carbocycles. The second-order valence-corrected chi connectivity index (χ2v) is 6.68. The Labute approximate surface area is 168 Å². The number of esters is 2. The monoisotopic (exact) mass is 395 g/mol. The normalized spacial score (nSPS) is 23.1. The highest BCUT2D eigenvalue weighted by atomic mass is 16.6. The van der Waals surface area contributed by atoms with Crippen LogP contribution in [0.1, 0.15) is 40.5 Å². The van der Waals surface area contributed by atoms with Gasteiger partial charge in [0.1, 0.15) is 12.4 Å². The average Bonchev–Trinajstić information content (AvgIpc) is 3.00. The molecule has 1 fully saturated rings. The quantitative estimate of drug-likeness (QED) is 0.571. The van der Waals surface area contributed by atoms with E-state index in [9.17, 15) is 19.2 Å². The van der Waals surface area contributed by atoms with E-state index in [1.807, 2.05) is 0 Å². The minimum atomic E-state index is -1.59. The molecule has 0 radical (unpaired) electrons. The molecule has 2 aromatic carbocycles. The van der Waals surface area contributed by atoms with Crippen LogP contribution in [-0.2, 0) is 19.1 Å². The van der Waals surface area contributed by atoms with Crippen molar-refractivity contribution >= 4 is 24.1 Å². The Hall–Kier alpha value is -3.48. The van der Waals surface area contributed by atoms with Crippen molar-refractivity contribution in [3.05, 3.63) is 71.8 Å². The Morgan fingerprint density at radius 1 is 1.07 bits per heavy atom. The third kappa shape index (κ3) is 4.03. The number of rotatable bonds is 7. The highest BCUT2D eigenvalue weighted by Crippen LogP contribution is 2.34. The molecule has 1 aliphatic heterocycles. The van der Waals surface area contributed by atoms with Crippen molar-refractivity contribution in [2.75, 3.05) is 0 Å². The standard InChI is InChI=1S/C22H21NO6/c1-2-22(23-19(25)15-9-5-3-6-10-15)18(17(13-14-24)28-21(22)27)29-20(26)16-11-7-4-8-12-16/h3-12,14,17-18H,2,13H2,1H3,(H,23,25)/t17?,18-,22-/m0/s1. The van der Waals surface area contributed by atoms with Gasteiger partial charge in [-0.15, -0.1) is 0 Å². The summed E-state index contributed by atoms with van der Waals surface area (Å²) in [7, 11) is 0. The van der Waals surface area contributed by atoms with Crippen LogP contribution < -0.4 is 5.32 Å². The van der Waals surface area contributed by atoms with Gasteiger partial charge in [-0.25, -0.2) is 9.59 Å². The van der Waals surface area contributed by atoms with Gasteiger partial charge in [0, 0.05) is 12.0 Å². The van der Waals surface area contributed by atoms with Crippen LogP contribution in [0.15, 0.2) is 60.7 Å². The maximum atomic E-state index is 12.8. The van der Waals surface area contributed by atoms with Gasteiger partial charge in [0.25, 0.3) is 5.91 Å². The van der Waals surface area contributed by atoms with Crippen LogP contribution in [0.2, 0.25) is 0 Å². The van der Waals surface area contributed by atoms with Gasteiger partial charge in [0.15, 0.2) is 11.6 Å². The van der Waals surface area contributed by atoms with E-state index in [1.54, 1.807) is 67.6 Å². The molecule has 3 atom stereocenters. The lowest BCUT2D eigenvalue weighted by Gasteiger charge is -2.31. The van der Waals surface area contributed by atoms with E-state index >= 15 is 0 Å². The van der Waals surface area contributed by atoms with Crippen LogP contribution in [-0.4, -0.2) is 41.9 Å². The van der Waals surface area contributed by atoms with Gasteiger partial charge in [-0.05, 0) is 30.7 Å². The zero-order valence-corrected chi connectivity index (χ0v) is 15.9. The number of nitrogens with one attached hydrogen (secondary N) is 1. The van der Waals surface area contributed by atoms with E-state index in [0.717, 1.165) is 0 Å². The summed E-state index contributed by atoms with van der Waals surface area (Å²) in [5, 5.41) is 2.70. The molecule has 3 rings (SSSR count). The van der Waals surface area contributed by atoms with Crippen LogP contribution in [0.4, 0.5) is 0 Å². The molecule has 1 N–H and O–H groups in total. The molecule has 1 unspecified atom stereocenters. The van der Waals surface area contributed by atoms with Crippen LogP contribution in [0, 0.1) is 0 Å². The lowest BCUT2D eigenvalue weighted by Crippen LogP contribution is -2.60. The first kappa shape index (κ1) is 20.3. The first-order chi connectivity index (χ1) is 14.0. The van der Waals surface area contributed by atoms with Gasteiger partial charge < -0.3 is 19.6 Å². The summed E-state index contributed by atoms with van der Waals surface area (Å²) < 4.78 is 11.0. The number of aldehydes is 1. The molecule has 0 aliphatic carbocycles. The van der Waals surface area contributed by atoms with E-state index in [2.05, 4.69) is 5.32 Å². The smallest absolute Gasteiger partial charge is 0.338 e. The van der Waals surface area contributed by atoms with Crippen molar-refractivity contribution in [2.24, 2.45) is 0 Å². The Morgan fingerprint density at radius 2 is 1.66 bits per heavy atom. The summed E-state index contributed by atoms with van der Waals surface area (Å²) in [6, 6.07) is 16.6. The highest BCUT2D eigenvalue weighted by molar-refractivity contribution is 5.99. The molecule has 150 valence electrons. The van der Waals surface area contributed by atoms with Crippen LogP contribution in [0.25, 0.3) is 0 Å². The van der Waals surface area contributed by atoms with Gasteiger partial charge in [-0.2, -0.15) is 0 Å². The van der Waals surface area contributed by atoms with Gasteiger partial charge in [-0.1, -0.05) is 43.3 Å². The molecule has 1 aliphatic rings. The summed E-state index contributed by atoms with van der Waals surface area (Å²) >= 11 is 0. The Morgan fingerprint density at radius 3 is 2.21 bits per heavy atom. The molecule has 0 spiro atoms. The maximum absolute atomic E-state index is 12.8. The van der Waals surface area contributed by atoms with Crippen molar-refractivity contribution in [1.29, 1.82) is 0 Å². The van der Waals surface area contributed by atoms with E-state index in [4.69, 9.17) is 9.47 Å². The lowest BCUT2D eigenvalue weighted by molar-refractivity contribution is -0.146. The Balaban J connectivity index is 1.92. The van der Waals surface area contributed by atoms with E-state index in [0.29, 0.717) is 11.8 Å². The third-order valence-corrected chi connectivity index (χ3v) is 4.95. The van der Waals surface area contributed by atoms with E-state index in [1.165, 1.54) is 0 Å². The lowest BCUT2D eigenvalue weighted by atomic mass is 9.87. The number of amides is 1. The SMILES string of the molecule is CC[C@@]1(NC(=O)c2ccccc2)C(=O)OC(CC=O)[C@@H]1OC(=O)c1ccccc1. The predicted molar refractivity (Wildman–Crippen MR) is 103 cm³/mol. The topological polar surface area (TPSA) is 98.8 Å². The fourth-order valence-corrected chi connectivity index (χ4v) is 3.36. The average molecular weight is 395 g/mol. The van der Waals surface area contributed by atoms with Crippen LogP contribution in [0.5, 0.6) is 0 Å². The third-order valence-electron chi connectivity index (χ3n) is 4.95. The second kappa shape index (κ2) is 8.68.